The molecule has 9 heteroatoms. The van der Waals surface area contributed by atoms with E-state index in [-0.39, 0.29) is 4.90 Å². The van der Waals surface area contributed by atoms with Crippen LogP contribution in [-0.4, -0.2) is 33.5 Å². The largest absolute Gasteiger partial charge is 0.493 e. The summed E-state index contributed by atoms with van der Waals surface area (Å²) >= 11 is 0. The van der Waals surface area contributed by atoms with Crippen LogP contribution in [0.25, 0.3) is 6.08 Å². The second kappa shape index (κ2) is 9.67. The fourth-order valence-electron chi connectivity index (χ4n) is 2.17. The Hall–Kier alpha value is -3.17. The topological polar surface area (TPSA) is 125 Å². The highest BCUT2D eigenvalue weighted by molar-refractivity contribution is 7.89. The standard InChI is InChI=1S/C19H20N2O6S/c1-2-26-17-6-4-3-5-14(17)7-12-19(23)27-13-18(22)21-15-8-10-16(11-9-15)28(20,24)25/h3-12H,2,13H2,1H3,(H,21,22)(H2,20,24,25)/b12-7+. The Balaban J connectivity index is 1.86. The van der Waals surface area contributed by atoms with Crippen molar-refractivity contribution in [1.82, 2.24) is 0 Å². The molecule has 0 aliphatic carbocycles. The van der Waals surface area contributed by atoms with E-state index in [9.17, 15) is 18.0 Å². The number of para-hydroxylation sites is 1. The highest BCUT2D eigenvalue weighted by atomic mass is 32.2. The molecule has 0 bridgehead atoms. The van der Waals surface area contributed by atoms with E-state index < -0.39 is 28.5 Å². The molecule has 2 rings (SSSR count). The van der Waals surface area contributed by atoms with Crippen molar-refractivity contribution in [2.75, 3.05) is 18.5 Å². The van der Waals surface area contributed by atoms with E-state index in [2.05, 4.69) is 5.32 Å². The lowest BCUT2D eigenvalue weighted by molar-refractivity contribution is -0.142. The molecular formula is C19H20N2O6S. The number of carbonyl (C=O) groups excluding carboxylic acids is 2. The molecule has 8 nitrogen and oxygen atoms in total. The number of nitrogens with one attached hydrogen (secondary N) is 1. The number of benzene rings is 2. The van der Waals surface area contributed by atoms with Crippen molar-refractivity contribution in [3.8, 4) is 5.75 Å². The van der Waals surface area contributed by atoms with Crippen molar-refractivity contribution >= 4 is 33.7 Å². The zero-order valence-electron chi connectivity index (χ0n) is 15.1. The maximum Gasteiger partial charge on any atom is 0.331 e. The van der Waals surface area contributed by atoms with E-state index in [1.54, 1.807) is 12.1 Å². The van der Waals surface area contributed by atoms with Crippen molar-refractivity contribution < 1.29 is 27.5 Å². The van der Waals surface area contributed by atoms with Crippen molar-refractivity contribution in [2.45, 2.75) is 11.8 Å². The zero-order chi connectivity index (χ0) is 20.6. The summed E-state index contributed by atoms with van der Waals surface area (Å²) in [6.45, 7) is 1.86. The summed E-state index contributed by atoms with van der Waals surface area (Å²) in [4.78, 5) is 23.5. The number of rotatable bonds is 8. The van der Waals surface area contributed by atoms with Gasteiger partial charge < -0.3 is 14.8 Å². The van der Waals surface area contributed by atoms with Gasteiger partial charge in [-0.3, -0.25) is 4.79 Å². The van der Waals surface area contributed by atoms with Gasteiger partial charge in [0.15, 0.2) is 6.61 Å². The number of sulfonamides is 1. The lowest BCUT2D eigenvalue weighted by Crippen LogP contribution is -2.20. The molecule has 0 aromatic heterocycles. The molecule has 0 atom stereocenters. The predicted molar refractivity (Wildman–Crippen MR) is 104 cm³/mol. The van der Waals surface area contributed by atoms with Crippen LogP contribution < -0.4 is 15.2 Å². The third kappa shape index (κ3) is 6.53. The molecule has 28 heavy (non-hydrogen) atoms. The van der Waals surface area contributed by atoms with E-state index in [0.29, 0.717) is 23.6 Å². The molecule has 1 amide bonds. The van der Waals surface area contributed by atoms with Gasteiger partial charge in [-0.1, -0.05) is 18.2 Å². The van der Waals surface area contributed by atoms with Gasteiger partial charge in [0.2, 0.25) is 10.0 Å². The molecule has 0 spiro atoms. The van der Waals surface area contributed by atoms with Crippen LogP contribution in [0, 0.1) is 0 Å². The first-order valence-electron chi connectivity index (χ1n) is 8.29. The first-order valence-corrected chi connectivity index (χ1v) is 9.83. The number of anilines is 1. The van der Waals surface area contributed by atoms with Crippen molar-refractivity contribution in [3.05, 3.63) is 60.2 Å². The fraction of sp³-hybridized carbons (Fsp3) is 0.158. The SMILES string of the molecule is CCOc1ccccc1/C=C/C(=O)OCC(=O)Nc1ccc(S(N)(=O)=O)cc1. The first-order chi connectivity index (χ1) is 13.3. The van der Waals surface area contributed by atoms with Gasteiger partial charge in [0, 0.05) is 17.3 Å². The van der Waals surface area contributed by atoms with Crippen LogP contribution in [0.2, 0.25) is 0 Å². The second-order valence-electron chi connectivity index (χ2n) is 5.53. The Kier molecular flexibility index (Phi) is 7.30. The summed E-state index contributed by atoms with van der Waals surface area (Å²) in [6.07, 6.45) is 2.74. The van der Waals surface area contributed by atoms with Crippen LogP contribution in [-0.2, 0) is 24.3 Å². The normalized spacial score (nSPS) is 11.2. The summed E-state index contributed by atoms with van der Waals surface area (Å²) in [5.41, 5.74) is 1.05. The third-order valence-electron chi connectivity index (χ3n) is 3.43. The second-order valence-corrected chi connectivity index (χ2v) is 7.09. The third-order valence-corrected chi connectivity index (χ3v) is 4.36. The molecule has 148 valence electrons. The van der Waals surface area contributed by atoms with Crippen LogP contribution in [0.15, 0.2) is 59.5 Å². The molecule has 0 saturated carbocycles. The summed E-state index contributed by atoms with van der Waals surface area (Å²) in [6, 6.07) is 12.5. The first kappa shape index (κ1) is 21.1. The van der Waals surface area contributed by atoms with E-state index in [0.717, 1.165) is 0 Å². The van der Waals surface area contributed by atoms with E-state index in [4.69, 9.17) is 14.6 Å². The van der Waals surface area contributed by atoms with Gasteiger partial charge in [-0.25, -0.2) is 18.4 Å². The number of primary sulfonamides is 1. The lowest BCUT2D eigenvalue weighted by atomic mass is 10.2. The molecular weight excluding hydrogens is 384 g/mol. The highest BCUT2D eigenvalue weighted by Gasteiger charge is 2.09. The van der Waals surface area contributed by atoms with Gasteiger partial charge >= 0.3 is 5.97 Å². The van der Waals surface area contributed by atoms with E-state index in [1.807, 2.05) is 19.1 Å². The number of carbonyl (C=O) groups is 2. The average molecular weight is 404 g/mol. The smallest absolute Gasteiger partial charge is 0.331 e. The van der Waals surface area contributed by atoms with Crippen LogP contribution in [0.4, 0.5) is 5.69 Å². The summed E-state index contributed by atoms with van der Waals surface area (Å²) < 4.78 is 32.7. The molecule has 0 aliphatic heterocycles. The molecule has 0 aliphatic rings. The van der Waals surface area contributed by atoms with Gasteiger partial charge in [0.25, 0.3) is 5.91 Å². The Morgan fingerprint density at radius 1 is 1.11 bits per heavy atom. The van der Waals surface area contributed by atoms with Crippen LogP contribution in [0.1, 0.15) is 12.5 Å². The van der Waals surface area contributed by atoms with Gasteiger partial charge in [0.1, 0.15) is 5.75 Å². The maximum atomic E-state index is 11.8. The molecule has 0 fully saturated rings. The molecule has 3 N–H and O–H groups in total. The van der Waals surface area contributed by atoms with Gasteiger partial charge in [-0.15, -0.1) is 0 Å². The summed E-state index contributed by atoms with van der Waals surface area (Å²) in [7, 11) is -3.80. The Labute approximate surface area is 163 Å². The lowest BCUT2D eigenvalue weighted by Gasteiger charge is -2.07. The van der Waals surface area contributed by atoms with E-state index >= 15 is 0 Å². The number of hydrogen-bond acceptors (Lipinski definition) is 6. The molecule has 0 radical (unpaired) electrons. The molecule has 0 saturated heterocycles. The van der Waals surface area contributed by atoms with Gasteiger partial charge in [0.05, 0.1) is 11.5 Å². The minimum atomic E-state index is -3.80. The van der Waals surface area contributed by atoms with Crippen molar-refractivity contribution in [2.24, 2.45) is 5.14 Å². The van der Waals surface area contributed by atoms with E-state index in [1.165, 1.54) is 36.4 Å². The minimum Gasteiger partial charge on any atom is -0.493 e. The van der Waals surface area contributed by atoms with Crippen molar-refractivity contribution in [3.63, 3.8) is 0 Å². The maximum absolute atomic E-state index is 11.8. The number of ether oxygens (including phenoxy) is 2. The zero-order valence-corrected chi connectivity index (χ0v) is 15.9. The van der Waals surface area contributed by atoms with Crippen LogP contribution in [0.5, 0.6) is 5.75 Å². The highest BCUT2D eigenvalue weighted by Crippen LogP contribution is 2.19. The molecule has 2 aromatic carbocycles. The van der Waals surface area contributed by atoms with Crippen molar-refractivity contribution in [1.29, 1.82) is 0 Å². The number of nitrogens with two attached hydrogens (primary N) is 1. The Morgan fingerprint density at radius 3 is 2.43 bits per heavy atom. The molecule has 0 unspecified atom stereocenters. The predicted octanol–water partition coefficient (Wildman–Crippen LogP) is 1.93. The Bertz CT molecular complexity index is 968. The van der Waals surface area contributed by atoms with Crippen LogP contribution in [0.3, 0.4) is 0 Å². The number of amides is 1. The van der Waals surface area contributed by atoms with Gasteiger partial charge in [-0.05, 0) is 43.3 Å². The summed E-state index contributed by atoms with van der Waals surface area (Å²) in [5, 5.41) is 7.48. The quantitative estimate of drug-likeness (QED) is 0.512. The number of hydrogen-bond donors (Lipinski definition) is 2. The average Bonchev–Trinajstić information content (AvgIpc) is 2.65. The summed E-state index contributed by atoms with van der Waals surface area (Å²) in [5.74, 6) is -0.624. The van der Waals surface area contributed by atoms with Crippen LogP contribution >= 0.6 is 0 Å². The number of esters is 1. The van der Waals surface area contributed by atoms with Gasteiger partial charge in [-0.2, -0.15) is 0 Å². The Morgan fingerprint density at radius 2 is 1.79 bits per heavy atom. The monoisotopic (exact) mass is 404 g/mol. The molecule has 2 aromatic rings. The minimum absolute atomic E-state index is 0.0746. The molecule has 0 heterocycles. The fourth-order valence-corrected chi connectivity index (χ4v) is 2.69.